The minimum atomic E-state index is -3.74. The van der Waals surface area contributed by atoms with E-state index in [1.807, 2.05) is 0 Å². The Morgan fingerprint density at radius 1 is 1.45 bits per heavy atom. The third kappa shape index (κ3) is 3.21. The predicted molar refractivity (Wildman–Crippen MR) is 74.3 cm³/mol. The molecule has 0 aliphatic rings. The summed E-state index contributed by atoms with van der Waals surface area (Å²) in [5.41, 5.74) is 2.10. The molecule has 0 saturated carbocycles. The van der Waals surface area contributed by atoms with E-state index in [0.717, 1.165) is 10.9 Å². The Bertz CT molecular complexity index is 724. The van der Waals surface area contributed by atoms with E-state index in [1.54, 1.807) is 18.6 Å². The fourth-order valence-electron chi connectivity index (χ4n) is 1.58. The molecule has 0 aliphatic heterocycles. The maximum atomic E-state index is 12.1. The molecular formula is C12H12N2O4S2. The van der Waals surface area contributed by atoms with Gasteiger partial charge in [-0.15, -0.1) is 11.3 Å². The van der Waals surface area contributed by atoms with Crippen molar-refractivity contribution in [3.05, 3.63) is 45.9 Å². The number of aromatic carboxylic acids is 1. The second kappa shape index (κ2) is 5.70. The van der Waals surface area contributed by atoms with Crippen molar-refractivity contribution in [3.63, 3.8) is 0 Å². The molecule has 2 N–H and O–H groups in total. The van der Waals surface area contributed by atoms with Crippen molar-refractivity contribution in [2.45, 2.75) is 18.4 Å². The molecule has 0 bridgehead atoms. The zero-order valence-corrected chi connectivity index (χ0v) is 12.2. The molecule has 2 aromatic rings. The van der Waals surface area contributed by atoms with Crippen LogP contribution in [-0.2, 0) is 16.6 Å². The number of thiazole rings is 1. The van der Waals surface area contributed by atoms with Crippen LogP contribution in [0, 0.1) is 6.92 Å². The minimum Gasteiger partial charge on any atom is -0.478 e. The van der Waals surface area contributed by atoms with Crippen LogP contribution < -0.4 is 4.72 Å². The van der Waals surface area contributed by atoms with Gasteiger partial charge in [-0.05, 0) is 24.6 Å². The SMILES string of the molecule is Cc1ccc(S(=O)(=O)NCc2cncs2)cc1C(=O)O. The van der Waals surface area contributed by atoms with Crippen LogP contribution in [0.2, 0.25) is 0 Å². The van der Waals surface area contributed by atoms with E-state index in [-0.39, 0.29) is 17.0 Å². The first-order valence-corrected chi connectivity index (χ1v) is 7.97. The van der Waals surface area contributed by atoms with Crippen LogP contribution >= 0.6 is 11.3 Å². The molecule has 0 amide bonds. The number of nitrogens with one attached hydrogen (secondary N) is 1. The number of rotatable bonds is 5. The first-order valence-electron chi connectivity index (χ1n) is 5.61. The van der Waals surface area contributed by atoms with Crippen LogP contribution in [0.25, 0.3) is 0 Å². The quantitative estimate of drug-likeness (QED) is 0.874. The van der Waals surface area contributed by atoms with Gasteiger partial charge in [0, 0.05) is 17.6 Å². The average molecular weight is 312 g/mol. The molecular weight excluding hydrogens is 300 g/mol. The van der Waals surface area contributed by atoms with Gasteiger partial charge in [0.15, 0.2) is 0 Å². The highest BCUT2D eigenvalue weighted by molar-refractivity contribution is 7.89. The summed E-state index contributed by atoms with van der Waals surface area (Å²) < 4.78 is 26.6. The molecule has 1 aromatic heterocycles. The molecule has 0 spiro atoms. The molecule has 6 nitrogen and oxygen atoms in total. The van der Waals surface area contributed by atoms with Gasteiger partial charge in [0.05, 0.1) is 16.0 Å². The second-order valence-corrected chi connectivity index (χ2v) is 6.81. The average Bonchev–Trinajstić information content (AvgIpc) is 2.89. The van der Waals surface area contributed by atoms with E-state index in [9.17, 15) is 13.2 Å². The van der Waals surface area contributed by atoms with E-state index >= 15 is 0 Å². The molecule has 0 aliphatic carbocycles. The fourth-order valence-corrected chi connectivity index (χ4v) is 3.24. The first-order chi connectivity index (χ1) is 9.40. The summed E-state index contributed by atoms with van der Waals surface area (Å²) in [6.45, 7) is 1.74. The van der Waals surface area contributed by atoms with Crippen LogP contribution in [0.5, 0.6) is 0 Å². The largest absolute Gasteiger partial charge is 0.478 e. The standard InChI is InChI=1S/C12H12N2O4S2/c1-8-2-3-10(4-11(8)12(15)16)20(17,18)14-6-9-5-13-7-19-9/h2-5,7,14H,6H2,1H3,(H,15,16). The molecule has 0 saturated heterocycles. The lowest BCUT2D eigenvalue weighted by Crippen LogP contribution is -2.23. The van der Waals surface area contributed by atoms with Gasteiger partial charge in [-0.2, -0.15) is 0 Å². The highest BCUT2D eigenvalue weighted by atomic mass is 32.2. The van der Waals surface area contributed by atoms with Crippen LogP contribution in [-0.4, -0.2) is 24.5 Å². The molecule has 8 heteroatoms. The number of carbonyl (C=O) groups is 1. The van der Waals surface area contributed by atoms with Crippen molar-refractivity contribution in [2.24, 2.45) is 0 Å². The molecule has 20 heavy (non-hydrogen) atoms. The Morgan fingerprint density at radius 3 is 2.80 bits per heavy atom. The normalized spacial score (nSPS) is 11.4. The van der Waals surface area contributed by atoms with Crippen LogP contribution in [0.1, 0.15) is 20.8 Å². The van der Waals surface area contributed by atoms with Crippen molar-refractivity contribution in [2.75, 3.05) is 0 Å². The Labute approximate surface area is 120 Å². The van der Waals surface area contributed by atoms with Crippen molar-refractivity contribution in [3.8, 4) is 0 Å². The molecule has 1 heterocycles. The lowest BCUT2D eigenvalue weighted by molar-refractivity contribution is 0.0696. The number of hydrogen-bond donors (Lipinski definition) is 2. The zero-order chi connectivity index (χ0) is 14.8. The van der Waals surface area contributed by atoms with Gasteiger partial charge in [-0.1, -0.05) is 6.07 Å². The van der Waals surface area contributed by atoms with Crippen LogP contribution in [0.4, 0.5) is 0 Å². The Hall–Kier alpha value is -1.77. The summed E-state index contributed by atoms with van der Waals surface area (Å²) in [5.74, 6) is -1.15. The number of hydrogen-bond acceptors (Lipinski definition) is 5. The van der Waals surface area contributed by atoms with Crippen molar-refractivity contribution in [1.29, 1.82) is 0 Å². The van der Waals surface area contributed by atoms with E-state index in [4.69, 9.17) is 5.11 Å². The molecule has 0 unspecified atom stereocenters. The summed E-state index contributed by atoms with van der Waals surface area (Å²) in [6.07, 6.45) is 1.57. The molecule has 1 aromatic carbocycles. The number of aromatic nitrogens is 1. The monoisotopic (exact) mass is 312 g/mol. The summed E-state index contributed by atoms with van der Waals surface area (Å²) in [6, 6.07) is 4.02. The minimum absolute atomic E-state index is 0.0225. The van der Waals surface area contributed by atoms with Crippen LogP contribution in [0.3, 0.4) is 0 Å². The Balaban J connectivity index is 2.25. The summed E-state index contributed by atoms with van der Waals surface area (Å²) in [5, 5.41) is 9.01. The van der Waals surface area contributed by atoms with Gasteiger partial charge in [-0.3, -0.25) is 4.98 Å². The molecule has 0 atom stereocenters. The zero-order valence-electron chi connectivity index (χ0n) is 10.5. The Kier molecular flexibility index (Phi) is 4.17. The third-order valence-corrected chi connectivity index (χ3v) is 4.85. The Morgan fingerprint density at radius 2 is 2.20 bits per heavy atom. The maximum Gasteiger partial charge on any atom is 0.335 e. The van der Waals surface area contributed by atoms with Crippen molar-refractivity contribution < 1.29 is 18.3 Å². The fraction of sp³-hybridized carbons (Fsp3) is 0.167. The summed E-state index contributed by atoms with van der Waals surface area (Å²) in [7, 11) is -3.74. The second-order valence-electron chi connectivity index (χ2n) is 4.07. The smallest absolute Gasteiger partial charge is 0.335 e. The van der Waals surface area contributed by atoms with Gasteiger partial charge < -0.3 is 5.11 Å². The lowest BCUT2D eigenvalue weighted by atomic mass is 10.1. The maximum absolute atomic E-state index is 12.1. The molecule has 106 valence electrons. The highest BCUT2D eigenvalue weighted by Crippen LogP contribution is 2.16. The number of sulfonamides is 1. The van der Waals surface area contributed by atoms with Gasteiger partial charge in [0.2, 0.25) is 10.0 Å². The van der Waals surface area contributed by atoms with Gasteiger partial charge >= 0.3 is 5.97 Å². The van der Waals surface area contributed by atoms with E-state index < -0.39 is 16.0 Å². The number of benzene rings is 1. The topological polar surface area (TPSA) is 96.4 Å². The van der Waals surface area contributed by atoms with Crippen molar-refractivity contribution in [1.82, 2.24) is 9.71 Å². The number of aryl methyl sites for hydroxylation is 1. The summed E-state index contributed by atoms with van der Waals surface area (Å²) in [4.78, 5) is 15.6. The summed E-state index contributed by atoms with van der Waals surface area (Å²) >= 11 is 1.34. The van der Waals surface area contributed by atoms with E-state index in [1.165, 1.54) is 23.5 Å². The van der Waals surface area contributed by atoms with Crippen LogP contribution in [0.15, 0.2) is 34.8 Å². The lowest BCUT2D eigenvalue weighted by Gasteiger charge is -2.08. The van der Waals surface area contributed by atoms with E-state index in [0.29, 0.717) is 5.56 Å². The molecule has 0 fully saturated rings. The van der Waals surface area contributed by atoms with Gasteiger partial charge in [0.25, 0.3) is 0 Å². The molecule has 0 radical (unpaired) electrons. The van der Waals surface area contributed by atoms with Gasteiger partial charge in [-0.25, -0.2) is 17.9 Å². The third-order valence-electron chi connectivity index (χ3n) is 2.67. The number of carboxylic acids is 1. The highest BCUT2D eigenvalue weighted by Gasteiger charge is 2.17. The predicted octanol–water partition coefficient (Wildman–Crippen LogP) is 1.63. The molecule has 2 rings (SSSR count). The van der Waals surface area contributed by atoms with E-state index in [2.05, 4.69) is 9.71 Å². The first kappa shape index (κ1) is 14.6. The van der Waals surface area contributed by atoms with Crippen molar-refractivity contribution >= 4 is 27.3 Å². The number of nitrogens with zero attached hydrogens (tertiary/aromatic N) is 1. The van der Waals surface area contributed by atoms with Gasteiger partial charge in [0.1, 0.15) is 0 Å². The number of carboxylic acid groups (broad SMARTS) is 1.